The summed E-state index contributed by atoms with van der Waals surface area (Å²) in [6, 6.07) is 0.123. The van der Waals surface area contributed by atoms with E-state index in [1.165, 1.54) is 32.1 Å². The van der Waals surface area contributed by atoms with E-state index in [-0.39, 0.29) is 6.04 Å². The quantitative estimate of drug-likeness (QED) is 0.692. The van der Waals surface area contributed by atoms with Crippen LogP contribution >= 0.6 is 0 Å². The summed E-state index contributed by atoms with van der Waals surface area (Å²) in [6.45, 7) is 7.70. The van der Waals surface area contributed by atoms with Crippen molar-refractivity contribution in [3.05, 3.63) is 0 Å². The second-order valence-corrected chi connectivity index (χ2v) is 7.69. The standard InChI is InChI=1S/C13H29NO3Si/c1-4-15-18(3,16-5-2)17-11-13(14)12-9-7-6-8-10-12/h12-13H,4-11,14H2,1-3H3. The molecule has 0 aromatic heterocycles. The van der Waals surface area contributed by atoms with Gasteiger partial charge < -0.3 is 19.0 Å². The molecule has 1 aliphatic rings. The molecule has 1 rings (SSSR count). The molecule has 1 fully saturated rings. The average Bonchev–Trinajstić information content (AvgIpc) is 2.38. The van der Waals surface area contributed by atoms with Crippen molar-refractivity contribution in [2.75, 3.05) is 19.8 Å². The zero-order valence-electron chi connectivity index (χ0n) is 12.1. The predicted molar refractivity (Wildman–Crippen MR) is 75.4 cm³/mol. The van der Waals surface area contributed by atoms with Crippen LogP contribution in [0.4, 0.5) is 0 Å². The van der Waals surface area contributed by atoms with Crippen molar-refractivity contribution in [1.29, 1.82) is 0 Å². The van der Waals surface area contributed by atoms with Gasteiger partial charge in [-0.25, -0.2) is 0 Å². The number of nitrogens with two attached hydrogens (primary N) is 1. The monoisotopic (exact) mass is 275 g/mol. The van der Waals surface area contributed by atoms with Gasteiger partial charge in [0.1, 0.15) is 0 Å². The lowest BCUT2D eigenvalue weighted by Gasteiger charge is -2.31. The highest BCUT2D eigenvalue weighted by atomic mass is 28.4. The average molecular weight is 275 g/mol. The Morgan fingerprint density at radius 1 is 1.06 bits per heavy atom. The minimum Gasteiger partial charge on any atom is -0.374 e. The Morgan fingerprint density at radius 2 is 1.61 bits per heavy atom. The van der Waals surface area contributed by atoms with Gasteiger partial charge in [0.15, 0.2) is 0 Å². The normalized spacial score (nSPS) is 20.0. The van der Waals surface area contributed by atoms with Crippen molar-refractivity contribution >= 4 is 8.80 Å². The molecule has 18 heavy (non-hydrogen) atoms. The molecule has 0 aliphatic heterocycles. The lowest BCUT2D eigenvalue weighted by Crippen LogP contribution is -2.47. The summed E-state index contributed by atoms with van der Waals surface area (Å²) in [5, 5.41) is 0. The maximum Gasteiger partial charge on any atom is 0.497 e. The van der Waals surface area contributed by atoms with Gasteiger partial charge in [-0.2, -0.15) is 0 Å². The summed E-state index contributed by atoms with van der Waals surface area (Å²) >= 11 is 0. The van der Waals surface area contributed by atoms with Crippen LogP contribution in [0, 0.1) is 5.92 Å². The zero-order valence-corrected chi connectivity index (χ0v) is 13.1. The Hall–Kier alpha value is 0.0569. The van der Waals surface area contributed by atoms with Gasteiger partial charge in [-0.15, -0.1) is 0 Å². The third-order valence-electron chi connectivity index (χ3n) is 3.61. The Bertz CT molecular complexity index is 216. The van der Waals surface area contributed by atoms with E-state index in [0.29, 0.717) is 25.7 Å². The molecule has 1 aliphatic carbocycles. The molecule has 5 heteroatoms. The highest BCUT2D eigenvalue weighted by molar-refractivity contribution is 6.59. The Morgan fingerprint density at radius 3 is 2.11 bits per heavy atom. The Labute approximate surface area is 113 Å². The fourth-order valence-corrected chi connectivity index (χ4v) is 4.39. The largest absolute Gasteiger partial charge is 0.497 e. The van der Waals surface area contributed by atoms with E-state index in [4.69, 9.17) is 19.0 Å². The highest BCUT2D eigenvalue weighted by Gasteiger charge is 2.35. The predicted octanol–water partition coefficient (Wildman–Crippen LogP) is 2.55. The molecule has 0 radical (unpaired) electrons. The summed E-state index contributed by atoms with van der Waals surface area (Å²) in [4.78, 5) is 0. The van der Waals surface area contributed by atoms with Crippen molar-refractivity contribution in [2.24, 2.45) is 11.7 Å². The molecule has 0 aromatic rings. The topological polar surface area (TPSA) is 53.7 Å². The molecular formula is C13H29NO3Si. The lowest BCUT2D eigenvalue weighted by molar-refractivity contribution is 0.0614. The maximum absolute atomic E-state index is 6.23. The molecule has 1 atom stereocenters. The van der Waals surface area contributed by atoms with Crippen LogP contribution in [0.3, 0.4) is 0 Å². The van der Waals surface area contributed by atoms with E-state index in [0.717, 1.165) is 0 Å². The van der Waals surface area contributed by atoms with E-state index < -0.39 is 8.80 Å². The molecule has 0 bridgehead atoms. The van der Waals surface area contributed by atoms with Crippen LogP contribution in [-0.2, 0) is 13.3 Å². The first kappa shape index (κ1) is 16.1. The molecule has 4 nitrogen and oxygen atoms in total. The number of rotatable bonds is 8. The van der Waals surface area contributed by atoms with Crippen LogP contribution in [0.2, 0.25) is 6.55 Å². The molecule has 0 heterocycles. The zero-order chi connectivity index (χ0) is 13.4. The van der Waals surface area contributed by atoms with E-state index >= 15 is 0 Å². The summed E-state index contributed by atoms with van der Waals surface area (Å²) in [6.07, 6.45) is 6.46. The van der Waals surface area contributed by atoms with Gasteiger partial charge in [0.05, 0.1) is 6.61 Å². The van der Waals surface area contributed by atoms with Gasteiger partial charge in [0.2, 0.25) is 0 Å². The third-order valence-corrected chi connectivity index (χ3v) is 5.92. The van der Waals surface area contributed by atoms with Crippen molar-refractivity contribution in [3.8, 4) is 0 Å². The fourth-order valence-electron chi connectivity index (χ4n) is 2.60. The van der Waals surface area contributed by atoms with Crippen LogP contribution < -0.4 is 5.73 Å². The molecule has 108 valence electrons. The van der Waals surface area contributed by atoms with Gasteiger partial charge in [0, 0.05) is 25.8 Å². The number of hydrogen-bond donors (Lipinski definition) is 1. The van der Waals surface area contributed by atoms with E-state index in [1.807, 2.05) is 20.4 Å². The van der Waals surface area contributed by atoms with Crippen molar-refractivity contribution < 1.29 is 13.3 Å². The van der Waals surface area contributed by atoms with E-state index in [9.17, 15) is 0 Å². The first-order chi connectivity index (χ1) is 8.61. The first-order valence-electron chi connectivity index (χ1n) is 7.28. The summed E-state index contributed by atoms with van der Waals surface area (Å²) in [5.74, 6) is 0.611. The van der Waals surface area contributed by atoms with Gasteiger partial charge in [-0.3, -0.25) is 0 Å². The Kier molecular flexibility index (Phi) is 7.40. The van der Waals surface area contributed by atoms with Crippen LogP contribution in [0.5, 0.6) is 0 Å². The SMILES string of the molecule is CCO[Si](C)(OCC)OCC(N)C1CCCCC1. The van der Waals surface area contributed by atoms with Crippen molar-refractivity contribution in [3.63, 3.8) is 0 Å². The summed E-state index contributed by atoms with van der Waals surface area (Å²) < 4.78 is 17.2. The molecule has 1 saturated carbocycles. The molecule has 0 spiro atoms. The second-order valence-electron chi connectivity index (χ2n) is 5.10. The molecule has 0 aromatic carbocycles. The number of hydrogen-bond acceptors (Lipinski definition) is 4. The van der Waals surface area contributed by atoms with Crippen LogP contribution in [0.25, 0.3) is 0 Å². The van der Waals surface area contributed by atoms with Crippen LogP contribution in [0.15, 0.2) is 0 Å². The first-order valence-corrected chi connectivity index (χ1v) is 9.51. The van der Waals surface area contributed by atoms with Gasteiger partial charge in [-0.1, -0.05) is 19.3 Å². The maximum atomic E-state index is 6.23. The summed E-state index contributed by atoms with van der Waals surface area (Å²) in [5.41, 5.74) is 6.23. The Balaban J connectivity index is 2.35. The minimum absolute atomic E-state index is 0.123. The summed E-state index contributed by atoms with van der Waals surface area (Å²) in [7, 11) is -2.46. The fraction of sp³-hybridized carbons (Fsp3) is 1.00. The van der Waals surface area contributed by atoms with Crippen molar-refractivity contribution in [1.82, 2.24) is 0 Å². The molecule has 1 unspecified atom stereocenters. The molecule has 0 saturated heterocycles. The van der Waals surface area contributed by atoms with Gasteiger partial charge in [0.25, 0.3) is 0 Å². The van der Waals surface area contributed by atoms with Crippen LogP contribution in [0.1, 0.15) is 46.0 Å². The van der Waals surface area contributed by atoms with Gasteiger partial charge in [-0.05, 0) is 32.6 Å². The lowest BCUT2D eigenvalue weighted by atomic mass is 9.85. The molecule has 2 N–H and O–H groups in total. The second kappa shape index (κ2) is 8.27. The minimum atomic E-state index is -2.46. The van der Waals surface area contributed by atoms with E-state index in [1.54, 1.807) is 0 Å². The highest BCUT2D eigenvalue weighted by Crippen LogP contribution is 2.26. The van der Waals surface area contributed by atoms with Crippen LogP contribution in [-0.4, -0.2) is 34.7 Å². The smallest absolute Gasteiger partial charge is 0.374 e. The molecular weight excluding hydrogens is 246 g/mol. The molecule has 0 amide bonds. The van der Waals surface area contributed by atoms with E-state index in [2.05, 4.69) is 0 Å². The van der Waals surface area contributed by atoms with Gasteiger partial charge >= 0.3 is 8.80 Å². The third kappa shape index (κ3) is 5.36. The van der Waals surface area contributed by atoms with Crippen molar-refractivity contribution in [2.45, 2.75) is 58.5 Å².